The van der Waals surface area contributed by atoms with Crippen molar-refractivity contribution in [2.75, 3.05) is 13.7 Å². The van der Waals surface area contributed by atoms with Gasteiger partial charge in [0, 0.05) is 7.11 Å². The molecule has 2 heteroatoms. The minimum atomic E-state index is -0.0422. The smallest absolute Gasteiger partial charge is 0.126 e. The molecule has 3 rings (SSSR count). The molecule has 0 aromatic heterocycles. The molecule has 25 heavy (non-hydrogen) atoms. The van der Waals surface area contributed by atoms with Gasteiger partial charge in [0.2, 0.25) is 0 Å². The minimum Gasteiger partial charge on any atom is -0.381 e. The third kappa shape index (κ3) is 4.94. The van der Waals surface area contributed by atoms with Gasteiger partial charge in [0.05, 0.1) is 6.61 Å². The van der Waals surface area contributed by atoms with Crippen LogP contribution in [0.2, 0.25) is 0 Å². The van der Waals surface area contributed by atoms with Gasteiger partial charge in [0.25, 0.3) is 0 Å². The number of halogens is 1. The van der Waals surface area contributed by atoms with Crippen molar-refractivity contribution in [1.29, 1.82) is 0 Å². The molecule has 2 aliphatic carbocycles. The highest BCUT2D eigenvalue weighted by molar-refractivity contribution is 5.26. The normalized spacial score (nSPS) is 30.7. The molecule has 1 aromatic rings. The molecule has 0 saturated heterocycles. The highest BCUT2D eigenvalue weighted by atomic mass is 19.1. The number of hydrogen-bond acceptors (Lipinski definition) is 1. The summed E-state index contributed by atoms with van der Waals surface area (Å²) in [5.74, 6) is 3.11. The summed E-state index contributed by atoms with van der Waals surface area (Å²) in [6.45, 7) is 2.58. The lowest BCUT2D eigenvalue weighted by molar-refractivity contribution is 0.171. The van der Waals surface area contributed by atoms with Crippen LogP contribution < -0.4 is 0 Å². The Bertz CT molecular complexity index is 563. The second-order valence-electron chi connectivity index (χ2n) is 8.18. The van der Waals surface area contributed by atoms with E-state index in [1.807, 2.05) is 13.0 Å². The predicted molar refractivity (Wildman–Crippen MR) is 102 cm³/mol. The molecule has 0 aliphatic heterocycles. The largest absolute Gasteiger partial charge is 0.381 e. The number of hydrogen-bond donors (Lipinski definition) is 0. The van der Waals surface area contributed by atoms with E-state index in [0.717, 1.165) is 29.9 Å². The summed E-state index contributed by atoms with van der Waals surface area (Å²) in [6.07, 6.45) is 15.1. The maximum atomic E-state index is 13.8. The van der Waals surface area contributed by atoms with Crippen molar-refractivity contribution >= 4 is 0 Å². The molecular formula is C23H33FO. The number of ether oxygens (including phenoxy) is 1. The van der Waals surface area contributed by atoms with Gasteiger partial charge in [-0.15, -0.1) is 0 Å². The zero-order valence-electron chi connectivity index (χ0n) is 15.8. The molecule has 0 bridgehead atoms. The van der Waals surface area contributed by atoms with Crippen molar-refractivity contribution in [3.05, 3.63) is 47.3 Å². The average Bonchev–Trinajstić information content (AvgIpc) is 2.65. The SMILES string of the molecule is COCC=CC1CCC(C2CCC(c3ccc(C)c(F)c3)CC2)CC1. The third-order valence-electron chi connectivity index (χ3n) is 6.59. The van der Waals surface area contributed by atoms with E-state index in [1.54, 1.807) is 13.2 Å². The Kier molecular flexibility index (Phi) is 6.70. The first kappa shape index (κ1) is 18.6. The van der Waals surface area contributed by atoms with Gasteiger partial charge in [-0.2, -0.15) is 0 Å². The maximum Gasteiger partial charge on any atom is 0.126 e. The quantitative estimate of drug-likeness (QED) is 0.560. The predicted octanol–water partition coefficient (Wildman–Crippen LogP) is 6.42. The fourth-order valence-corrected chi connectivity index (χ4v) is 4.94. The van der Waals surface area contributed by atoms with Crippen LogP contribution >= 0.6 is 0 Å². The lowest BCUT2D eigenvalue weighted by Crippen LogP contribution is -2.25. The van der Waals surface area contributed by atoms with Crippen molar-refractivity contribution in [3.63, 3.8) is 0 Å². The zero-order chi connectivity index (χ0) is 17.6. The Balaban J connectivity index is 1.46. The molecule has 1 nitrogen and oxygen atoms in total. The van der Waals surface area contributed by atoms with E-state index >= 15 is 0 Å². The molecule has 0 unspecified atom stereocenters. The van der Waals surface area contributed by atoms with Crippen LogP contribution in [-0.2, 0) is 4.74 Å². The van der Waals surface area contributed by atoms with E-state index < -0.39 is 0 Å². The van der Waals surface area contributed by atoms with Gasteiger partial charge in [-0.3, -0.25) is 0 Å². The molecule has 2 aliphatic rings. The van der Waals surface area contributed by atoms with E-state index in [9.17, 15) is 4.39 Å². The number of methoxy groups -OCH3 is 1. The summed E-state index contributed by atoms with van der Waals surface area (Å²) in [5, 5.41) is 0. The van der Waals surface area contributed by atoms with E-state index in [1.165, 1.54) is 56.9 Å². The monoisotopic (exact) mass is 344 g/mol. The fourth-order valence-electron chi connectivity index (χ4n) is 4.94. The van der Waals surface area contributed by atoms with Gasteiger partial charge in [0.1, 0.15) is 5.82 Å². The van der Waals surface area contributed by atoms with Gasteiger partial charge in [-0.05, 0) is 99.2 Å². The van der Waals surface area contributed by atoms with E-state index in [-0.39, 0.29) is 5.82 Å². The Morgan fingerprint density at radius 3 is 2.24 bits per heavy atom. The molecule has 1 aromatic carbocycles. The first-order chi connectivity index (χ1) is 12.2. The third-order valence-corrected chi connectivity index (χ3v) is 6.59. The molecule has 2 fully saturated rings. The topological polar surface area (TPSA) is 9.23 Å². The van der Waals surface area contributed by atoms with Crippen LogP contribution in [0.1, 0.15) is 68.4 Å². The first-order valence-corrected chi connectivity index (χ1v) is 10.1. The molecule has 0 radical (unpaired) electrons. The Morgan fingerprint density at radius 1 is 1.00 bits per heavy atom. The van der Waals surface area contributed by atoms with Crippen molar-refractivity contribution in [2.45, 2.75) is 64.2 Å². The van der Waals surface area contributed by atoms with Crippen molar-refractivity contribution in [1.82, 2.24) is 0 Å². The van der Waals surface area contributed by atoms with E-state index in [0.29, 0.717) is 5.92 Å². The summed E-state index contributed by atoms with van der Waals surface area (Å²) in [6, 6.07) is 5.86. The summed E-state index contributed by atoms with van der Waals surface area (Å²) < 4.78 is 18.9. The van der Waals surface area contributed by atoms with E-state index in [2.05, 4.69) is 18.2 Å². The number of aryl methyl sites for hydroxylation is 1. The average molecular weight is 345 g/mol. The molecule has 0 heterocycles. The van der Waals surface area contributed by atoms with Crippen LogP contribution in [0.5, 0.6) is 0 Å². The maximum absolute atomic E-state index is 13.8. The second-order valence-corrected chi connectivity index (χ2v) is 8.18. The van der Waals surface area contributed by atoms with Gasteiger partial charge < -0.3 is 4.74 Å². The first-order valence-electron chi connectivity index (χ1n) is 10.1. The molecule has 0 N–H and O–H groups in total. The lowest BCUT2D eigenvalue weighted by atomic mass is 9.68. The standard InChI is InChI=1S/C23H33FO/c1-17-5-8-22(16-23(17)24)21-13-11-20(12-14-21)19-9-6-18(7-10-19)4-3-15-25-2/h3-5,8,16,18-21H,6-7,9-15H2,1-2H3. The lowest BCUT2D eigenvalue weighted by Gasteiger charge is -2.37. The fraction of sp³-hybridized carbons (Fsp3) is 0.652. The summed E-state index contributed by atoms with van der Waals surface area (Å²) in [5.41, 5.74) is 1.97. The molecule has 0 spiro atoms. The van der Waals surface area contributed by atoms with Crippen LogP contribution in [0, 0.1) is 30.5 Å². The second kappa shape index (κ2) is 8.98. The van der Waals surface area contributed by atoms with E-state index in [4.69, 9.17) is 4.74 Å². The zero-order valence-corrected chi connectivity index (χ0v) is 15.8. The Labute approximate surface area is 152 Å². The van der Waals surface area contributed by atoms with Crippen LogP contribution in [0.25, 0.3) is 0 Å². The summed E-state index contributed by atoms with van der Waals surface area (Å²) in [7, 11) is 1.75. The van der Waals surface area contributed by atoms with Gasteiger partial charge >= 0.3 is 0 Å². The highest BCUT2D eigenvalue weighted by Gasteiger charge is 2.30. The van der Waals surface area contributed by atoms with Crippen LogP contribution in [0.3, 0.4) is 0 Å². The molecule has 0 amide bonds. The van der Waals surface area contributed by atoms with Crippen molar-refractivity contribution < 1.29 is 9.13 Å². The number of rotatable bonds is 5. The van der Waals surface area contributed by atoms with Gasteiger partial charge in [-0.1, -0.05) is 24.3 Å². The Morgan fingerprint density at radius 2 is 1.64 bits per heavy atom. The Hall–Kier alpha value is -1.15. The van der Waals surface area contributed by atoms with Crippen LogP contribution in [-0.4, -0.2) is 13.7 Å². The van der Waals surface area contributed by atoms with Crippen LogP contribution in [0.15, 0.2) is 30.4 Å². The molecular weight excluding hydrogens is 311 g/mol. The molecule has 138 valence electrons. The number of benzene rings is 1. The van der Waals surface area contributed by atoms with Crippen molar-refractivity contribution in [2.24, 2.45) is 17.8 Å². The van der Waals surface area contributed by atoms with Crippen molar-refractivity contribution in [3.8, 4) is 0 Å². The molecule has 2 saturated carbocycles. The number of allylic oxidation sites excluding steroid dienone is 1. The van der Waals surface area contributed by atoms with Crippen LogP contribution in [0.4, 0.5) is 4.39 Å². The summed E-state index contributed by atoms with van der Waals surface area (Å²) in [4.78, 5) is 0. The van der Waals surface area contributed by atoms with Gasteiger partial charge in [-0.25, -0.2) is 4.39 Å². The van der Waals surface area contributed by atoms with Gasteiger partial charge in [0.15, 0.2) is 0 Å². The molecule has 0 atom stereocenters. The summed E-state index contributed by atoms with van der Waals surface area (Å²) >= 11 is 0. The highest BCUT2D eigenvalue weighted by Crippen LogP contribution is 2.44. The minimum absolute atomic E-state index is 0.0422.